The summed E-state index contributed by atoms with van der Waals surface area (Å²) in [5.41, 5.74) is 23.5. The van der Waals surface area contributed by atoms with Gasteiger partial charge in [-0.05, 0) is 139 Å². The van der Waals surface area contributed by atoms with Gasteiger partial charge in [-0.3, -0.25) is 0 Å². The Kier molecular flexibility index (Phi) is 8.67. The molecule has 79 heavy (non-hydrogen) atoms. The minimum absolute atomic E-state index is 0.565. The van der Waals surface area contributed by atoms with E-state index in [1.807, 2.05) is 11.8 Å². The number of para-hydroxylation sites is 4. The third kappa shape index (κ3) is 5.35. The van der Waals surface area contributed by atoms with E-state index in [9.17, 15) is 0 Å². The SMILES string of the molecule is c1ccc2c(c1)Oc1ccccc1C21c2ccccc2-c2ccc(N(c3ccc4c(c3)C3(c5ccccc5Oc5ccccc53)c3ccccc3-4)c3cccc4c3-c3ccccc3C43c4ccccc4Sc4ccccc43)cc21. The summed E-state index contributed by atoms with van der Waals surface area (Å²) >= 11 is 1.88. The fourth-order valence-electron chi connectivity index (χ4n) is 15.5. The van der Waals surface area contributed by atoms with Crippen molar-refractivity contribution in [2.75, 3.05) is 4.90 Å². The maximum absolute atomic E-state index is 6.85. The lowest BCUT2D eigenvalue weighted by molar-refractivity contribution is 0.436. The molecule has 3 heterocycles. The van der Waals surface area contributed by atoms with E-state index in [1.165, 1.54) is 87.7 Å². The molecule has 0 radical (unpaired) electrons. The van der Waals surface area contributed by atoms with Crippen LogP contribution in [0.1, 0.15) is 66.8 Å². The molecular weight excluding hydrogens is 979 g/mol. The molecule has 0 saturated heterocycles. The van der Waals surface area contributed by atoms with E-state index in [4.69, 9.17) is 9.47 Å². The van der Waals surface area contributed by atoms with Crippen LogP contribution in [0.2, 0.25) is 0 Å². The molecule has 0 bridgehead atoms. The fourth-order valence-corrected chi connectivity index (χ4v) is 16.7. The van der Waals surface area contributed by atoms with Gasteiger partial charge in [-0.2, -0.15) is 0 Å². The molecule has 18 rings (SSSR count). The van der Waals surface area contributed by atoms with Crippen LogP contribution < -0.4 is 14.4 Å². The average molecular weight is 1020 g/mol. The Morgan fingerprint density at radius 2 is 0.582 bits per heavy atom. The third-order valence-corrected chi connectivity index (χ3v) is 19.4. The van der Waals surface area contributed by atoms with Crippen molar-refractivity contribution in [1.29, 1.82) is 0 Å². The van der Waals surface area contributed by atoms with Gasteiger partial charge in [0.25, 0.3) is 0 Å². The molecule has 0 fully saturated rings. The van der Waals surface area contributed by atoms with Crippen LogP contribution in [0, 0.1) is 0 Å². The van der Waals surface area contributed by atoms with Crippen molar-refractivity contribution < 1.29 is 9.47 Å². The lowest BCUT2D eigenvalue weighted by Crippen LogP contribution is -2.32. The first-order valence-electron chi connectivity index (χ1n) is 27.3. The van der Waals surface area contributed by atoms with Crippen LogP contribution in [-0.2, 0) is 16.2 Å². The summed E-state index contributed by atoms with van der Waals surface area (Å²) in [6.07, 6.45) is 0. The molecule has 0 unspecified atom stereocenters. The number of nitrogens with zero attached hydrogens (tertiary/aromatic N) is 1. The molecule has 12 aromatic carbocycles. The Bertz CT molecular complexity index is 4310. The number of anilines is 3. The predicted molar refractivity (Wildman–Crippen MR) is 317 cm³/mol. The van der Waals surface area contributed by atoms with Crippen LogP contribution >= 0.6 is 11.8 Å². The van der Waals surface area contributed by atoms with Gasteiger partial charge in [0, 0.05) is 49.0 Å². The molecule has 0 atom stereocenters. The van der Waals surface area contributed by atoms with Gasteiger partial charge in [0.2, 0.25) is 0 Å². The number of ether oxygens (including phenoxy) is 2. The maximum Gasteiger partial charge on any atom is 0.132 e. The number of hydrogen-bond acceptors (Lipinski definition) is 4. The van der Waals surface area contributed by atoms with Crippen molar-refractivity contribution in [3.05, 3.63) is 340 Å². The Morgan fingerprint density at radius 3 is 1.04 bits per heavy atom. The zero-order valence-corrected chi connectivity index (χ0v) is 43.5. The highest BCUT2D eigenvalue weighted by atomic mass is 32.2. The summed E-state index contributed by atoms with van der Waals surface area (Å²) < 4.78 is 13.7. The topological polar surface area (TPSA) is 21.7 Å². The van der Waals surface area contributed by atoms with Gasteiger partial charge in [0.05, 0.1) is 21.9 Å². The molecule has 3 nitrogen and oxygen atoms in total. The van der Waals surface area contributed by atoms with E-state index in [-0.39, 0.29) is 0 Å². The molecule has 6 aliphatic rings. The summed E-state index contributed by atoms with van der Waals surface area (Å²) in [7, 11) is 0. The first kappa shape index (κ1) is 43.5. The Labute approximate surface area is 462 Å². The van der Waals surface area contributed by atoms with Gasteiger partial charge in [-0.25, -0.2) is 0 Å². The van der Waals surface area contributed by atoms with Crippen LogP contribution in [0.5, 0.6) is 23.0 Å². The molecule has 4 heteroatoms. The third-order valence-electron chi connectivity index (χ3n) is 18.3. The van der Waals surface area contributed by atoms with Gasteiger partial charge < -0.3 is 14.4 Å². The first-order chi connectivity index (χ1) is 39.2. The molecular formula is C75H45NO2S. The molecule has 3 aliphatic carbocycles. The Hall–Kier alpha value is -9.61. The molecule has 0 saturated carbocycles. The molecule has 3 spiro atoms. The number of benzene rings is 12. The molecule has 12 aromatic rings. The number of rotatable bonds is 3. The second-order valence-corrected chi connectivity index (χ2v) is 22.7. The predicted octanol–water partition coefficient (Wildman–Crippen LogP) is 18.9. The van der Waals surface area contributed by atoms with Gasteiger partial charge >= 0.3 is 0 Å². The van der Waals surface area contributed by atoms with E-state index in [0.717, 1.165) is 62.3 Å². The monoisotopic (exact) mass is 1020 g/mol. The van der Waals surface area contributed by atoms with E-state index in [1.54, 1.807) is 0 Å². The number of hydrogen-bond donors (Lipinski definition) is 0. The van der Waals surface area contributed by atoms with Gasteiger partial charge in [-0.1, -0.05) is 218 Å². The summed E-state index contributed by atoms with van der Waals surface area (Å²) in [5.74, 6) is 3.50. The van der Waals surface area contributed by atoms with Crippen molar-refractivity contribution in [2.24, 2.45) is 0 Å². The minimum atomic E-state index is -0.666. The second kappa shape index (κ2) is 15.8. The highest BCUT2D eigenvalue weighted by molar-refractivity contribution is 7.99. The Balaban J connectivity index is 0.964. The maximum atomic E-state index is 6.85. The Morgan fingerprint density at radius 1 is 0.253 bits per heavy atom. The molecule has 0 amide bonds. The summed E-state index contributed by atoms with van der Waals surface area (Å²) in [5, 5.41) is 0. The minimum Gasteiger partial charge on any atom is -0.457 e. The summed E-state index contributed by atoms with van der Waals surface area (Å²) in [4.78, 5) is 5.16. The van der Waals surface area contributed by atoms with Crippen molar-refractivity contribution in [3.63, 3.8) is 0 Å². The lowest BCUT2D eigenvalue weighted by Gasteiger charge is -2.40. The van der Waals surface area contributed by atoms with Gasteiger partial charge in [-0.15, -0.1) is 0 Å². The standard InChI is InChI=1S/C75H45NO2S/c1-4-23-53-48(20-1)50-42-40-46(44-63(50)73(53)56-26-7-13-34-66(56)77-67-35-14-8-27-57(67)73)76(47-41-43-51-49-21-2-5-24-54(49)74(64(51)45-47)58-28-9-15-36-68(58)78-69-37-16-10-29-59(69)74)65-33-19-32-62-72(65)52-22-3-6-25-55(52)75(62)60-30-11-17-38-70(60)79-71-39-18-12-31-61(71)75/h1-45H. The zero-order chi connectivity index (χ0) is 51.6. The van der Waals surface area contributed by atoms with Crippen LogP contribution in [0.3, 0.4) is 0 Å². The molecule has 0 N–H and O–H groups in total. The normalized spacial score (nSPS) is 15.3. The smallest absolute Gasteiger partial charge is 0.132 e. The highest BCUT2D eigenvalue weighted by Crippen LogP contribution is 2.68. The van der Waals surface area contributed by atoms with Crippen molar-refractivity contribution >= 4 is 28.8 Å². The van der Waals surface area contributed by atoms with Crippen LogP contribution in [0.25, 0.3) is 33.4 Å². The van der Waals surface area contributed by atoms with E-state index >= 15 is 0 Å². The molecule has 3 aliphatic heterocycles. The van der Waals surface area contributed by atoms with E-state index < -0.39 is 16.2 Å². The number of fused-ring (bicyclic) bond motifs is 27. The fraction of sp³-hybridized carbons (Fsp3) is 0.0400. The molecule has 368 valence electrons. The summed E-state index contributed by atoms with van der Waals surface area (Å²) in [6.45, 7) is 0. The molecule has 0 aromatic heterocycles. The quantitative estimate of drug-likeness (QED) is 0.176. The van der Waals surface area contributed by atoms with Crippen LogP contribution in [-0.4, -0.2) is 0 Å². The average Bonchev–Trinajstić information content (AvgIpc) is 3.09. The lowest BCUT2D eigenvalue weighted by atomic mass is 9.66. The van der Waals surface area contributed by atoms with Crippen LogP contribution in [0.4, 0.5) is 17.1 Å². The van der Waals surface area contributed by atoms with Gasteiger partial charge in [0.1, 0.15) is 23.0 Å². The van der Waals surface area contributed by atoms with E-state index in [2.05, 4.69) is 278 Å². The second-order valence-electron chi connectivity index (χ2n) is 21.7. The van der Waals surface area contributed by atoms with Gasteiger partial charge in [0.15, 0.2) is 0 Å². The van der Waals surface area contributed by atoms with Crippen molar-refractivity contribution in [3.8, 4) is 56.4 Å². The largest absolute Gasteiger partial charge is 0.457 e. The van der Waals surface area contributed by atoms with Crippen molar-refractivity contribution in [2.45, 2.75) is 26.0 Å². The van der Waals surface area contributed by atoms with Crippen LogP contribution in [0.15, 0.2) is 283 Å². The zero-order valence-electron chi connectivity index (χ0n) is 42.7. The summed E-state index contributed by atoms with van der Waals surface area (Å²) in [6, 6.07) is 102. The van der Waals surface area contributed by atoms with Crippen molar-refractivity contribution in [1.82, 2.24) is 0 Å². The highest BCUT2D eigenvalue weighted by Gasteiger charge is 2.55. The van der Waals surface area contributed by atoms with E-state index in [0.29, 0.717) is 0 Å². The first-order valence-corrected chi connectivity index (χ1v) is 28.1.